The summed E-state index contributed by atoms with van der Waals surface area (Å²) in [5, 5.41) is 0. The van der Waals surface area contributed by atoms with E-state index < -0.39 is 0 Å². The van der Waals surface area contributed by atoms with Crippen LogP contribution in [0.2, 0.25) is 5.82 Å². The van der Waals surface area contributed by atoms with Gasteiger partial charge in [0.25, 0.3) is 0 Å². The number of rotatable bonds is 0. The van der Waals surface area contributed by atoms with Gasteiger partial charge < -0.3 is 0 Å². The highest BCUT2D eigenvalue weighted by Crippen LogP contribution is 2.38. The van der Waals surface area contributed by atoms with E-state index in [1.807, 2.05) is 0 Å². The maximum absolute atomic E-state index is 3.75. The van der Waals surface area contributed by atoms with Gasteiger partial charge in [-0.2, -0.15) is 0 Å². The molecular weight excluding hydrogens is 58.9 g/mol. The molecule has 0 amide bonds. The van der Waals surface area contributed by atoms with E-state index in [4.69, 9.17) is 0 Å². The molecule has 0 aliphatic heterocycles. The highest BCUT2D eigenvalue weighted by molar-refractivity contribution is 6.16. The minimum Gasteiger partial charge on any atom is -0.100 e. The summed E-state index contributed by atoms with van der Waals surface area (Å²) < 4.78 is 0. The van der Waals surface area contributed by atoms with E-state index in [1.165, 1.54) is 12.0 Å². The van der Waals surface area contributed by atoms with Gasteiger partial charge in [-0.1, -0.05) is 5.57 Å². The molecule has 1 unspecified atom stereocenters. The quantitative estimate of drug-likeness (QED) is 0.283. The van der Waals surface area contributed by atoms with E-state index >= 15 is 0 Å². The maximum atomic E-state index is 3.75. The van der Waals surface area contributed by atoms with Gasteiger partial charge in [-0.05, 0) is 12.2 Å². The second-order valence-corrected chi connectivity index (χ2v) is 1.76. The van der Waals surface area contributed by atoms with Gasteiger partial charge in [0, 0.05) is 0 Å². The predicted octanol–water partition coefficient (Wildman–Crippen LogP) is 0.368. The van der Waals surface area contributed by atoms with Crippen LogP contribution < -0.4 is 0 Å². The molecule has 0 aromatic heterocycles. The number of hydrogen-bond donors (Lipinski definition) is 0. The molecule has 0 spiro atoms. The fourth-order valence-corrected chi connectivity index (χ4v) is 0.334. The third-order valence-electron chi connectivity index (χ3n) is 1.11. The van der Waals surface area contributed by atoms with E-state index in [0.717, 1.165) is 5.82 Å². The molecule has 0 aromatic rings. The molecule has 1 saturated carbocycles. The van der Waals surface area contributed by atoms with Gasteiger partial charge in [0.1, 0.15) is 7.85 Å². The van der Waals surface area contributed by atoms with Gasteiger partial charge in [-0.3, -0.25) is 0 Å². The highest BCUT2D eigenvalue weighted by Gasteiger charge is 2.19. The lowest BCUT2D eigenvalue weighted by Gasteiger charge is -1.55. The largest absolute Gasteiger partial charge is 0.111 e. The summed E-state index contributed by atoms with van der Waals surface area (Å²) >= 11 is 0. The molecule has 0 saturated heterocycles. The Morgan fingerprint density at radius 3 is 2.20 bits per heavy atom. The van der Waals surface area contributed by atoms with Crippen LogP contribution in [0.5, 0.6) is 0 Å². The third kappa shape index (κ3) is 0.368. The zero-order valence-electron chi connectivity index (χ0n) is 3.49. The zero-order chi connectivity index (χ0) is 3.86. The first-order valence-electron chi connectivity index (χ1n) is 1.98. The van der Waals surface area contributed by atoms with Crippen LogP contribution in [0, 0.1) is 0 Å². The van der Waals surface area contributed by atoms with Gasteiger partial charge in [-0.25, -0.2) is 0 Å². The Hall–Kier alpha value is -0.195. The van der Waals surface area contributed by atoms with Gasteiger partial charge in [0.15, 0.2) is 0 Å². The van der Waals surface area contributed by atoms with Crippen LogP contribution in [-0.2, 0) is 0 Å². The van der Waals surface area contributed by atoms with Crippen LogP contribution in [0.15, 0.2) is 12.2 Å². The zero-order valence-corrected chi connectivity index (χ0v) is 3.49. The van der Waals surface area contributed by atoms with Crippen LogP contribution in [0.3, 0.4) is 0 Å². The molecule has 0 N–H and O–H groups in total. The second-order valence-electron chi connectivity index (χ2n) is 1.76. The lowest BCUT2D eigenvalue weighted by molar-refractivity contribution is 1.48. The van der Waals surface area contributed by atoms with Crippen LogP contribution in [0.25, 0.3) is 0 Å². The van der Waals surface area contributed by atoms with Gasteiger partial charge in [0.05, 0.1) is 0 Å². The monoisotopic (exact) mass is 66.1 g/mol. The van der Waals surface area contributed by atoms with Crippen molar-refractivity contribution < 1.29 is 0 Å². The SMILES string of the molecule is BC1CC1=C. The van der Waals surface area contributed by atoms with E-state index in [9.17, 15) is 0 Å². The van der Waals surface area contributed by atoms with Crippen LogP contribution >= 0.6 is 0 Å². The van der Waals surface area contributed by atoms with Crippen molar-refractivity contribution in [2.75, 3.05) is 0 Å². The van der Waals surface area contributed by atoms with Gasteiger partial charge in [0.2, 0.25) is 0 Å². The second kappa shape index (κ2) is 0.646. The normalized spacial score (nSPS) is 34.4. The minimum absolute atomic E-state index is 0.856. The summed E-state index contributed by atoms with van der Waals surface area (Å²) in [6, 6.07) is 0. The summed E-state index contributed by atoms with van der Waals surface area (Å²) in [6.07, 6.45) is 1.28. The summed E-state index contributed by atoms with van der Waals surface area (Å²) in [7, 11) is 2.20. The van der Waals surface area contributed by atoms with E-state index in [-0.39, 0.29) is 0 Å². The van der Waals surface area contributed by atoms with Crippen molar-refractivity contribution in [2.45, 2.75) is 12.2 Å². The third-order valence-corrected chi connectivity index (χ3v) is 1.11. The first-order valence-corrected chi connectivity index (χ1v) is 1.98. The lowest BCUT2D eigenvalue weighted by atomic mass is 10.0. The molecule has 0 nitrogen and oxygen atoms in total. The Balaban J connectivity index is 2.47. The predicted molar refractivity (Wildman–Crippen MR) is 26.1 cm³/mol. The first-order chi connectivity index (χ1) is 2.30. The Morgan fingerprint density at radius 2 is 2.20 bits per heavy atom. The average Bonchev–Trinajstić information content (AvgIpc) is 1.79. The average molecular weight is 65.9 g/mol. The first kappa shape index (κ1) is 3.01. The molecule has 0 radical (unpaired) electrons. The number of hydrogen-bond acceptors (Lipinski definition) is 0. The van der Waals surface area contributed by atoms with Crippen molar-refractivity contribution >= 4 is 7.85 Å². The van der Waals surface area contributed by atoms with Gasteiger partial charge in [-0.15, -0.1) is 6.58 Å². The molecular formula is C4H7B. The van der Waals surface area contributed by atoms with Gasteiger partial charge >= 0.3 is 0 Å². The molecule has 1 aliphatic carbocycles. The fraction of sp³-hybridized carbons (Fsp3) is 0.500. The highest BCUT2D eigenvalue weighted by atomic mass is 14.2. The molecule has 1 atom stereocenters. The van der Waals surface area contributed by atoms with E-state index in [1.54, 1.807) is 0 Å². The molecule has 0 aromatic carbocycles. The van der Waals surface area contributed by atoms with Crippen LogP contribution in [0.4, 0.5) is 0 Å². The van der Waals surface area contributed by atoms with Crippen molar-refractivity contribution in [1.82, 2.24) is 0 Å². The maximum Gasteiger partial charge on any atom is 0.111 e. The van der Waals surface area contributed by atoms with E-state index in [0.29, 0.717) is 0 Å². The fourth-order valence-electron chi connectivity index (χ4n) is 0.334. The number of allylic oxidation sites excluding steroid dienone is 1. The van der Waals surface area contributed by atoms with Crippen LogP contribution in [0.1, 0.15) is 6.42 Å². The molecule has 26 valence electrons. The lowest BCUT2D eigenvalue weighted by Crippen LogP contribution is -1.50. The Morgan fingerprint density at radius 1 is 2.00 bits per heavy atom. The molecule has 1 heteroatoms. The Labute approximate surface area is 33.3 Å². The summed E-state index contributed by atoms with van der Waals surface area (Å²) in [5.74, 6) is 0.856. The van der Waals surface area contributed by atoms with Crippen molar-refractivity contribution in [3.05, 3.63) is 12.2 Å². The topological polar surface area (TPSA) is 0 Å². The standard InChI is InChI=1S/C4H7B/c1-3-2-4(3)5/h4H,1-2,5H2. The molecule has 1 rings (SSSR count). The smallest absolute Gasteiger partial charge is 0.100 e. The summed E-state index contributed by atoms with van der Waals surface area (Å²) in [6.45, 7) is 3.75. The summed E-state index contributed by atoms with van der Waals surface area (Å²) in [5.41, 5.74) is 1.42. The Bertz CT molecular complexity index is 66.0. The van der Waals surface area contributed by atoms with Crippen molar-refractivity contribution in [3.63, 3.8) is 0 Å². The van der Waals surface area contributed by atoms with Crippen molar-refractivity contribution in [1.29, 1.82) is 0 Å². The molecule has 1 aliphatic rings. The molecule has 1 fully saturated rings. The van der Waals surface area contributed by atoms with Crippen molar-refractivity contribution in [2.24, 2.45) is 0 Å². The minimum atomic E-state index is 0.856. The molecule has 5 heavy (non-hydrogen) atoms. The molecule has 0 heterocycles. The van der Waals surface area contributed by atoms with E-state index in [2.05, 4.69) is 14.4 Å². The van der Waals surface area contributed by atoms with Crippen molar-refractivity contribution in [3.8, 4) is 0 Å². The van der Waals surface area contributed by atoms with Crippen LogP contribution in [-0.4, -0.2) is 7.85 Å². The molecule has 0 bridgehead atoms. The summed E-state index contributed by atoms with van der Waals surface area (Å²) in [4.78, 5) is 0. The Kier molecular flexibility index (Phi) is 0.390.